The number of hydrogen-bond acceptors (Lipinski definition) is 2. The van der Waals surface area contributed by atoms with Crippen LogP contribution in [0.2, 0.25) is 0 Å². The molecule has 2 aromatic carbocycles. The molecule has 0 aliphatic heterocycles. The van der Waals surface area contributed by atoms with E-state index in [1.54, 1.807) is 7.11 Å². The van der Waals surface area contributed by atoms with Crippen molar-refractivity contribution in [3.05, 3.63) is 42.0 Å². The number of Topliss-reactive ketones (excluding diaryl/α,β-unsaturated/α-hetero) is 1. The van der Waals surface area contributed by atoms with Crippen molar-refractivity contribution in [2.24, 2.45) is 5.92 Å². The van der Waals surface area contributed by atoms with E-state index in [1.165, 1.54) is 0 Å². The number of fused-ring (bicyclic) bond motifs is 1. The SMILES string of the molecule is COc1cc2ccccc2cc1C(=O)C1CC1. The second-order valence-electron chi connectivity index (χ2n) is 4.54. The average molecular weight is 226 g/mol. The number of rotatable bonds is 3. The van der Waals surface area contributed by atoms with E-state index in [0.717, 1.165) is 29.2 Å². The van der Waals surface area contributed by atoms with Gasteiger partial charge in [-0.05, 0) is 35.7 Å². The van der Waals surface area contributed by atoms with Crippen LogP contribution in [0.3, 0.4) is 0 Å². The Morgan fingerprint density at radius 2 is 1.82 bits per heavy atom. The summed E-state index contributed by atoms with van der Waals surface area (Å²) in [6, 6.07) is 11.9. The van der Waals surface area contributed by atoms with Gasteiger partial charge in [-0.15, -0.1) is 0 Å². The van der Waals surface area contributed by atoms with Crippen LogP contribution >= 0.6 is 0 Å². The Morgan fingerprint density at radius 3 is 2.41 bits per heavy atom. The van der Waals surface area contributed by atoms with Gasteiger partial charge in [0.2, 0.25) is 0 Å². The molecule has 1 aliphatic rings. The molecule has 0 bridgehead atoms. The minimum Gasteiger partial charge on any atom is -0.496 e. The predicted octanol–water partition coefficient (Wildman–Crippen LogP) is 3.44. The zero-order chi connectivity index (χ0) is 11.8. The minimum atomic E-state index is 0.227. The van der Waals surface area contributed by atoms with E-state index in [0.29, 0.717) is 5.75 Å². The lowest BCUT2D eigenvalue weighted by atomic mass is 10.0. The first-order chi connectivity index (χ1) is 8.29. The normalized spacial score (nSPS) is 14.9. The summed E-state index contributed by atoms with van der Waals surface area (Å²) in [5.41, 5.74) is 0.730. The summed E-state index contributed by atoms with van der Waals surface area (Å²) in [6.45, 7) is 0. The van der Waals surface area contributed by atoms with E-state index in [2.05, 4.69) is 0 Å². The third-order valence-corrected chi connectivity index (χ3v) is 3.28. The van der Waals surface area contributed by atoms with Gasteiger partial charge >= 0.3 is 0 Å². The maximum Gasteiger partial charge on any atom is 0.169 e. The van der Waals surface area contributed by atoms with Crippen LogP contribution in [0, 0.1) is 5.92 Å². The molecule has 1 saturated carbocycles. The molecule has 0 aromatic heterocycles. The van der Waals surface area contributed by atoms with E-state index in [4.69, 9.17) is 4.74 Å². The third-order valence-electron chi connectivity index (χ3n) is 3.28. The molecule has 1 fully saturated rings. The highest BCUT2D eigenvalue weighted by Gasteiger charge is 2.32. The molecule has 2 heteroatoms. The van der Waals surface area contributed by atoms with Gasteiger partial charge in [0.1, 0.15) is 5.75 Å². The second kappa shape index (κ2) is 3.88. The number of carbonyl (C=O) groups excluding carboxylic acids is 1. The van der Waals surface area contributed by atoms with Gasteiger partial charge in [-0.25, -0.2) is 0 Å². The lowest BCUT2D eigenvalue weighted by Gasteiger charge is -2.09. The van der Waals surface area contributed by atoms with Crippen molar-refractivity contribution in [3.8, 4) is 5.75 Å². The summed E-state index contributed by atoms with van der Waals surface area (Å²) in [4.78, 5) is 12.2. The Balaban J connectivity index is 2.17. The molecule has 0 unspecified atom stereocenters. The lowest BCUT2D eigenvalue weighted by molar-refractivity contribution is 0.0965. The zero-order valence-electron chi connectivity index (χ0n) is 9.77. The topological polar surface area (TPSA) is 26.3 Å². The Labute approximate surface area is 100 Å². The van der Waals surface area contributed by atoms with Crippen LogP contribution in [-0.4, -0.2) is 12.9 Å². The molecule has 3 rings (SSSR count). The van der Waals surface area contributed by atoms with Crippen LogP contribution in [0.15, 0.2) is 36.4 Å². The van der Waals surface area contributed by atoms with Crippen molar-refractivity contribution in [2.75, 3.05) is 7.11 Å². The maximum atomic E-state index is 12.2. The van der Waals surface area contributed by atoms with Crippen LogP contribution in [0.5, 0.6) is 5.75 Å². The molecular weight excluding hydrogens is 212 g/mol. The highest BCUT2D eigenvalue weighted by molar-refractivity contribution is 6.05. The molecule has 2 aromatic rings. The fraction of sp³-hybridized carbons (Fsp3) is 0.267. The van der Waals surface area contributed by atoms with Crippen molar-refractivity contribution in [1.82, 2.24) is 0 Å². The third kappa shape index (κ3) is 1.80. The Bertz CT molecular complexity index is 582. The summed E-state index contributed by atoms with van der Waals surface area (Å²) >= 11 is 0. The Morgan fingerprint density at radius 1 is 1.18 bits per heavy atom. The summed E-state index contributed by atoms with van der Waals surface area (Å²) in [7, 11) is 1.62. The Hall–Kier alpha value is -1.83. The van der Waals surface area contributed by atoms with Gasteiger partial charge in [0.05, 0.1) is 12.7 Å². The van der Waals surface area contributed by atoms with E-state index in [1.807, 2.05) is 36.4 Å². The first-order valence-corrected chi connectivity index (χ1v) is 5.90. The van der Waals surface area contributed by atoms with E-state index < -0.39 is 0 Å². The van der Waals surface area contributed by atoms with E-state index in [-0.39, 0.29) is 11.7 Å². The highest BCUT2D eigenvalue weighted by atomic mass is 16.5. The van der Waals surface area contributed by atoms with Crippen LogP contribution in [0.25, 0.3) is 10.8 Å². The van der Waals surface area contributed by atoms with Crippen LogP contribution in [0.4, 0.5) is 0 Å². The predicted molar refractivity (Wildman–Crippen MR) is 67.6 cm³/mol. The Kier molecular flexibility index (Phi) is 2.36. The fourth-order valence-corrected chi connectivity index (χ4v) is 2.15. The lowest BCUT2D eigenvalue weighted by Crippen LogP contribution is -2.04. The van der Waals surface area contributed by atoms with Crippen LogP contribution < -0.4 is 4.74 Å². The summed E-state index contributed by atoms with van der Waals surface area (Å²) < 4.78 is 5.33. The van der Waals surface area contributed by atoms with Gasteiger partial charge in [-0.2, -0.15) is 0 Å². The van der Waals surface area contributed by atoms with E-state index in [9.17, 15) is 4.79 Å². The molecular formula is C15H14O2. The maximum absolute atomic E-state index is 12.2. The number of carbonyl (C=O) groups is 1. The number of benzene rings is 2. The molecule has 2 nitrogen and oxygen atoms in total. The molecule has 0 radical (unpaired) electrons. The monoisotopic (exact) mass is 226 g/mol. The number of methoxy groups -OCH3 is 1. The molecule has 0 atom stereocenters. The minimum absolute atomic E-state index is 0.227. The molecule has 0 amide bonds. The quantitative estimate of drug-likeness (QED) is 0.749. The smallest absolute Gasteiger partial charge is 0.169 e. The van der Waals surface area contributed by atoms with Gasteiger partial charge in [0.25, 0.3) is 0 Å². The number of ether oxygens (including phenoxy) is 1. The number of hydrogen-bond donors (Lipinski definition) is 0. The first-order valence-electron chi connectivity index (χ1n) is 5.90. The van der Waals surface area contributed by atoms with E-state index >= 15 is 0 Å². The van der Waals surface area contributed by atoms with Crippen molar-refractivity contribution in [2.45, 2.75) is 12.8 Å². The summed E-state index contributed by atoms with van der Waals surface area (Å²) in [5, 5.41) is 2.20. The van der Waals surface area contributed by atoms with Crippen LogP contribution in [-0.2, 0) is 0 Å². The van der Waals surface area contributed by atoms with Crippen molar-refractivity contribution in [3.63, 3.8) is 0 Å². The second-order valence-corrected chi connectivity index (χ2v) is 4.54. The first kappa shape index (κ1) is 10.3. The molecule has 0 spiro atoms. The zero-order valence-corrected chi connectivity index (χ0v) is 9.77. The van der Waals surface area contributed by atoms with Gasteiger partial charge in [-0.3, -0.25) is 4.79 Å². The van der Waals surface area contributed by atoms with Gasteiger partial charge in [-0.1, -0.05) is 24.3 Å². The molecule has 1 aliphatic carbocycles. The van der Waals surface area contributed by atoms with Crippen molar-refractivity contribution < 1.29 is 9.53 Å². The highest BCUT2D eigenvalue weighted by Crippen LogP contribution is 2.36. The molecule has 86 valence electrons. The molecule has 0 N–H and O–H groups in total. The van der Waals surface area contributed by atoms with Crippen molar-refractivity contribution >= 4 is 16.6 Å². The van der Waals surface area contributed by atoms with Gasteiger partial charge in [0.15, 0.2) is 5.78 Å². The average Bonchev–Trinajstić information content (AvgIpc) is 3.20. The van der Waals surface area contributed by atoms with Gasteiger partial charge < -0.3 is 4.74 Å². The summed E-state index contributed by atoms with van der Waals surface area (Å²) in [6.07, 6.45) is 2.05. The number of ketones is 1. The van der Waals surface area contributed by atoms with Crippen LogP contribution in [0.1, 0.15) is 23.2 Å². The van der Waals surface area contributed by atoms with Crippen molar-refractivity contribution in [1.29, 1.82) is 0 Å². The molecule has 0 heterocycles. The van der Waals surface area contributed by atoms with Gasteiger partial charge in [0, 0.05) is 5.92 Å². The largest absolute Gasteiger partial charge is 0.496 e. The standard InChI is InChI=1S/C15H14O2/c1-17-14-9-12-5-3-2-4-11(12)8-13(14)15(16)10-6-7-10/h2-5,8-10H,6-7H2,1H3. The molecule has 17 heavy (non-hydrogen) atoms. The summed E-state index contributed by atoms with van der Waals surface area (Å²) in [5.74, 6) is 1.15. The fourth-order valence-electron chi connectivity index (χ4n) is 2.15. The molecule has 0 saturated heterocycles.